The summed E-state index contributed by atoms with van der Waals surface area (Å²) in [5.74, 6) is 1.57. The number of hydrogen-bond acceptors (Lipinski definition) is 8. The molecule has 38 heavy (non-hydrogen) atoms. The molecular weight excluding hydrogens is 531 g/mol. The molecule has 10 nitrogen and oxygen atoms in total. The number of carbonyl (C=O) groups is 2. The van der Waals surface area contributed by atoms with E-state index in [1.165, 1.54) is 27.2 Å². The Morgan fingerprint density at radius 2 is 1.76 bits per heavy atom. The van der Waals surface area contributed by atoms with Gasteiger partial charge < -0.3 is 30.3 Å². The van der Waals surface area contributed by atoms with Crippen molar-refractivity contribution < 1.29 is 19.1 Å². The summed E-state index contributed by atoms with van der Waals surface area (Å²) >= 11 is 13.2. The average molecular weight is 559 g/mol. The lowest BCUT2D eigenvalue weighted by molar-refractivity contribution is -0.128. The summed E-state index contributed by atoms with van der Waals surface area (Å²) in [6.45, 7) is 5.82. The number of benzene rings is 1. The first-order chi connectivity index (χ1) is 18.2. The number of fused-ring (bicyclic) bond motifs is 1. The standard InChI is InChI=1S/C26H28Cl2N6O4/c1-6-22(36)32-18-12-34(13(2)35)11-17(18)31-21-8-15-14(10-30-21)7-16(33-26(15)29-3)23-24(27)19(37-4)9-20(38-5)25(23)28/h6-10,17-18H,1,11-12H2,2-5H3,(H,29,33)(H,30,31)(H,32,36)/t17-,18+/m1/s1. The highest BCUT2D eigenvalue weighted by molar-refractivity contribution is 6.41. The maximum Gasteiger partial charge on any atom is 0.243 e. The highest BCUT2D eigenvalue weighted by Gasteiger charge is 2.35. The number of amides is 2. The number of carbonyl (C=O) groups excluding carboxylic acids is 2. The smallest absolute Gasteiger partial charge is 0.243 e. The molecular formula is C26H28Cl2N6O4. The van der Waals surface area contributed by atoms with E-state index >= 15 is 0 Å². The number of rotatable bonds is 8. The molecule has 1 aliphatic heterocycles. The van der Waals surface area contributed by atoms with Crippen LogP contribution >= 0.6 is 23.2 Å². The number of aromatic nitrogens is 2. The van der Waals surface area contributed by atoms with Gasteiger partial charge in [-0.2, -0.15) is 0 Å². The van der Waals surface area contributed by atoms with Gasteiger partial charge in [0, 0.05) is 55.7 Å². The second kappa shape index (κ2) is 11.3. The maximum atomic E-state index is 12.0. The summed E-state index contributed by atoms with van der Waals surface area (Å²) in [7, 11) is 4.78. The van der Waals surface area contributed by atoms with Crippen LogP contribution in [0.15, 0.2) is 37.1 Å². The third-order valence-electron chi connectivity index (χ3n) is 6.39. The van der Waals surface area contributed by atoms with Crippen LogP contribution < -0.4 is 25.4 Å². The van der Waals surface area contributed by atoms with Gasteiger partial charge in [0.25, 0.3) is 0 Å². The number of halogens is 2. The van der Waals surface area contributed by atoms with E-state index in [1.54, 1.807) is 24.2 Å². The third kappa shape index (κ3) is 5.27. The normalized spacial score (nSPS) is 16.7. The highest BCUT2D eigenvalue weighted by atomic mass is 35.5. The Bertz CT molecular complexity index is 1390. The lowest BCUT2D eigenvalue weighted by atomic mass is 10.1. The van der Waals surface area contributed by atoms with Crippen LogP contribution in [0.5, 0.6) is 11.5 Å². The van der Waals surface area contributed by atoms with E-state index in [9.17, 15) is 9.59 Å². The topological polar surface area (TPSA) is 118 Å². The molecule has 200 valence electrons. The van der Waals surface area contributed by atoms with Crippen LogP contribution in [0.4, 0.5) is 11.6 Å². The van der Waals surface area contributed by atoms with Crippen molar-refractivity contribution >= 4 is 57.4 Å². The first-order valence-electron chi connectivity index (χ1n) is 11.7. The lowest BCUT2D eigenvalue weighted by Crippen LogP contribution is -2.45. The number of methoxy groups -OCH3 is 2. The number of nitrogens with one attached hydrogen (secondary N) is 3. The van der Waals surface area contributed by atoms with Gasteiger partial charge in [-0.3, -0.25) is 9.59 Å². The average Bonchev–Trinajstić information content (AvgIpc) is 3.30. The van der Waals surface area contributed by atoms with Crippen molar-refractivity contribution in [3.05, 3.63) is 47.1 Å². The van der Waals surface area contributed by atoms with Gasteiger partial charge in [0.05, 0.1) is 42.0 Å². The number of anilines is 2. The van der Waals surface area contributed by atoms with E-state index in [1.807, 2.05) is 12.1 Å². The Morgan fingerprint density at radius 3 is 2.34 bits per heavy atom. The largest absolute Gasteiger partial charge is 0.495 e. The van der Waals surface area contributed by atoms with E-state index in [-0.39, 0.29) is 23.9 Å². The van der Waals surface area contributed by atoms with Gasteiger partial charge in [-0.1, -0.05) is 29.8 Å². The molecule has 3 aromatic rings. The highest BCUT2D eigenvalue weighted by Crippen LogP contribution is 2.46. The first kappa shape index (κ1) is 27.3. The number of pyridine rings is 2. The van der Waals surface area contributed by atoms with Crippen LogP contribution in [0.2, 0.25) is 10.0 Å². The van der Waals surface area contributed by atoms with Crippen LogP contribution in [0.25, 0.3) is 22.0 Å². The van der Waals surface area contributed by atoms with Crippen molar-refractivity contribution in [3.63, 3.8) is 0 Å². The van der Waals surface area contributed by atoms with Crippen LogP contribution in [-0.2, 0) is 9.59 Å². The van der Waals surface area contributed by atoms with E-state index < -0.39 is 0 Å². The van der Waals surface area contributed by atoms with E-state index in [4.69, 9.17) is 37.7 Å². The molecule has 2 atom stereocenters. The molecule has 0 aliphatic carbocycles. The predicted molar refractivity (Wildman–Crippen MR) is 149 cm³/mol. The van der Waals surface area contributed by atoms with Crippen molar-refractivity contribution in [1.29, 1.82) is 0 Å². The van der Waals surface area contributed by atoms with E-state index in [0.717, 1.165) is 10.8 Å². The second-order valence-corrected chi connectivity index (χ2v) is 9.43. The molecule has 3 heterocycles. The molecule has 1 saturated heterocycles. The number of hydrogen-bond donors (Lipinski definition) is 3. The molecule has 2 aromatic heterocycles. The molecule has 0 saturated carbocycles. The summed E-state index contributed by atoms with van der Waals surface area (Å²) in [6.07, 6.45) is 2.92. The van der Waals surface area contributed by atoms with Crippen LogP contribution in [0, 0.1) is 0 Å². The molecule has 1 aromatic carbocycles. The molecule has 2 amide bonds. The Morgan fingerprint density at radius 1 is 1.11 bits per heavy atom. The number of likely N-dealkylation sites (tertiary alicyclic amines) is 1. The minimum atomic E-state index is -0.307. The van der Waals surface area contributed by atoms with Crippen LogP contribution in [0.1, 0.15) is 6.92 Å². The monoisotopic (exact) mass is 558 g/mol. The van der Waals surface area contributed by atoms with Gasteiger partial charge in [-0.15, -0.1) is 0 Å². The third-order valence-corrected chi connectivity index (χ3v) is 7.14. The van der Waals surface area contributed by atoms with E-state index in [2.05, 4.69) is 27.5 Å². The van der Waals surface area contributed by atoms with E-state index in [0.29, 0.717) is 57.5 Å². The van der Waals surface area contributed by atoms with Crippen molar-refractivity contribution in [2.45, 2.75) is 19.0 Å². The predicted octanol–water partition coefficient (Wildman–Crippen LogP) is 3.98. The summed E-state index contributed by atoms with van der Waals surface area (Å²) in [6, 6.07) is 4.75. The Hall–Kier alpha value is -3.76. The Labute approximate surface area is 230 Å². The molecule has 0 radical (unpaired) electrons. The fourth-order valence-corrected chi connectivity index (χ4v) is 5.13. The van der Waals surface area contributed by atoms with Crippen molar-refractivity contribution in [3.8, 4) is 22.8 Å². The minimum Gasteiger partial charge on any atom is -0.495 e. The zero-order valence-electron chi connectivity index (χ0n) is 21.4. The lowest BCUT2D eigenvalue weighted by Gasteiger charge is -2.21. The molecule has 0 bridgehead atoms. The van der Waals surface area contributed by atoms with Crippen molar-refractivity contribution in [1.82, 2.24) is 20.2 Å². The van der Waals surface area contributed by atoms with Crippen LogP contribution in [-0.4, -0.2) is 73.1 Å². The Balaban J connectivity index is 1.72. The fraction of sp³-hybridized carbons (Fsp3) is 0.308. The van der Waals surface area contributed by atoms with Gasteiger partial charge in [0.2, 0.25) is 11.8 Å². The quantitative estimate of drug-likeness (QED) is 0.355. The van der Waals surface area contributed by atoms with Gasteiger partial charge in [0.15, 0.2) is 0 Å². The molecule has 1 fully saturated rings. The number of ether oxygens (including phenoxy) is 2. The summed E-state index contributed by atoms with van der Waals surface area (Å²) in [4.78, 5) is 35.0. The molecule has 1 aliphatic rings. The molecule has 0 spiro atoms. The van der Waals surface area contributed by atoms with Gasteiger partial charge >= 0.3 is 0 Å². The second-order valence-electron chi connectivity index (χ2n) is 8.67. The van der Waals surface area contributed by atoms with Gasteiger partial charge in [-0.05, 0) is 18.2 Å². The van der Waals surface area contributed by atoms with Gasteiger partial charge in [-0.25, -0.2) is 9.97 Å². The molecule has 3 N–H and O–H groups in total. The van der Waals surface area contributed by atoms with Crippen molar-refractivity contribution in [2.24, 2.45) is 0 Å². The Kier molecular flexibility index (Phi) is 8.13. The zero-order chi connectivity index (χ0) is 27.6. The first-order valence-corrected chi connectivity index (χ1v) is 12.5. The molecule has 0 unspecified atom stereocenters. The molecule has 12 heteroatoms. The molecule has 4 rings (SSSR count). The summed E-state index contributed by atoms with van der Waals surface area (Å²) in [5, 5.41) is 11.6. The SMILES string of the molecule is C=CC(=O)N[C@H]1CN(C(C)=O)C[C@H]1Nc1cc2c(NC)nc(-c3c(Cl)c(OC)cc(OC)c3Cl)cc2cn1. The fourth-order valence-electron chi connectivity index (χ4n) is 4.44. The summed E-state index contributed by atoms with van der Waals surface area (Å²) in [5.41, 5.74) is 0.984. The maximum absolute atomic E-state index is 12.0. The summed E-state index contributed by atoms with van der Waals surface area (Å²) < 4.78 is 10.8. The minimum absolute atomic E-state index is 0.0701. The number of nitrogens with zero attached hydrogens (tertiary/aromatic N) is 3. The van der Waals surface area contributed by atoms with Crippen molar-refractivity contribution in [2.75, 3.05) is 45.0 Å². The van der Waals surface area contributed by atoms with Crippen LogP contribution in [0.3, 0.4) is 0 Å². The zero-order valence-corrected chi connectivity index (χ0v) is 22.9. The van der Waals surface area contributed by atoms with Gasteiger partial charge in [0.1, 0.15) is 23.1 Å².